The van der Waals surface area contributed by atoms with Crippen molar-refractivity contribution >= 4 is 27.6 Å². The second-order valence-corrected chi connectivity index (χ2v) is 6.30. The predicted octanol–water partition coefficient (Wildman–Crippen LogP) is 0.511. The van der Waals surface area contributed by atoms with Crippen molar-refractivity contribution in [3.63, 3.8) is 0 Å². The van der Waals surface area contributed by atoms with Gasteiger partial charge in [0.1, 0.15) is 4.90 Å². The summed E-state index contributed by atoms with van der Waals surface area (Å²) in [5, 5.41) is 0. The first-order chi connectivity index (χ1) is 11.0. The average Bonchev–Trinajstić information content (AvgIpc) is 2.57. The molecule has 2 N–H and O–H groups in total. The van der Waals surface area contributed by atoms with Crippen molar-refractivity contribution in [3.8, 4) is 0 Å². The van der Waals surface area contributed by atoms with E-state index in [4.69, 9.17) is 0 Å². The lowest BCUT2D eigenvalue weighted by molar-refractivity contribution is 0.0943. The van der Waals surface area contributed by atoms with Crippen molar-refractivity contribution in [1.29, 1.82) is 0 Å². The average molecular weight is 331 g/mol. The lowest BCUT2D eigenvalue weighted by Crippen LogP contribution is -2.50. The van der Waals surface area contributed by atoms with Crippen LogP contribution in [-0.4, -0.2) is 32.3 Å². The Morgan fingerprint density at radius 1 is 1.13 bits per heavy atom. The Bertz CT molecular complexity index is 880. The van der Waals surface area contributed by atoms with Gasteiger partial charge in [-0.05, 0) is 24.3 Å². The maximum atomic E-state index is 12.2. The Balaban J connectivity index is 1.82. The highest BCUT2D eigenvalue weighted by molar-refractivity contribution is 7.90. The fraction of sp³-hybridized carbons (Fsp3) is 0.0714. The summed E-state index contributed by atoms with van der Waals surface area (Å²) in [5.41, 5.74) is 5.82. The van der Waals surface area contributed by atoms with E-state index >= 15 is 0 Å². The lowest BCUT2D eigenvalue weighted by atomic mass is 10.3. The van der Waals surface area contributed by atoms with Crippen LogP contribution >= 0.6 is 0 Å². The smallest absolute Gasteiger partial charge is 0.287 e. The number of nitrogens with zero attached hydrogens (tertiary/aromatic N) is 3. The Morgan fingerprint density at radius 2 is 1.83 bits per heavy atom. The zero-order chi connectivity index (χ0) is 16.4. The molecule has 1 aromatic heterocycles. The lowest BCUT2D eigenvalue weighted by Gasteiger charge is -2.27. The number of para-hydroxylation sites is 1. The van der Waals surface area contributed by atoms with Gasteiger partial charge in [-0.3, -0.25) is 20.6 Å². The zero-order valence-electron chi connectivity index (χ0n) is 12.1. The summed E-state index contributed by atoms with van der Waals surface area (Å²) in [6.07, 6.45) is 2.97. The number of amides is 1. The summed E-state index contributed by atoms with van der Waals surface area (Å²) >= 11 is 0. The van der Waals surface area contributed by atoms with E-state index < -0.39 is 15.9 Å². The number of carbonyl (C=O) groups excluding carboxylic acids is 1. The van der Waals surface area contributed by atoms with E-state index in [0.717, 1.165) is 0 Å². The van der Waals surface area contributed by atoms with Crippen LogP contribution in [0.4, 0.5) is 5.69 Å². The number of hydrogen-bond donors (Lipinski definition) is 2. The van der Waals surface area contributed by atoms with Crippen LogP contribution in [0.25, 0.3) is 0 Å². The summed E-state index contributed by atoms with van der Waals surface area (Å²) in [7, 11) is -2.16. The third kappa shape index (κ3) is 2.86. The minimum Gasteiger partial charge on any atom is -0.312 e. The van der Waals surface area contributed by atoms with Crippen molar-refractivity contribution in [2.45, 2.75) is 4.90 Å². The molecule has 0 saturated carbocycles. The highest BCUT2D eigenvalue weighted by Crippen LogP contribution is 2.29. The number of hydrogen-bond acceptors (Lipinski definition) is 6. The van der Waals surface area contributed by atoms with Crippen molar-refractivity contribution in [2.24, 2.45) is 4.40 Å². The molecule has 23 heavy (non-hydrogen) atoms. The maximum absolute atomic E-state index is 12.2. The normalized spacial score (nSPS) is 15.3. The molecule has 0 bridgehead atoms. The fourth-order valence-corrected chi connectivity index (χ4v) is 3.30. The first-order valence-electron chi connectivity index (χ1n) is 6.63. The number of aromatic nitrogens is 1. The number of sulfonamides is 1. The van der Waals surface area contributed by atoms with Crippen LogP contribution in [0.15, 0.2) is 58.1 Å². The Morgan fingerprint density at radius 3 is 2.57 bits per heavy atom. The SMILES string of the molecule is CN1C(NNC(=O)c2ccncc2)=NS(=O)(=O)c2ccccc21. The molecule has 0 fully saturated rings. The molecular weight excluding hydrogens is 318 g/mol. The van der Waals surface area contributed by atoms with Crippen molar-refractivity contribution in [2.75, 3.05) is 11.9 Å². The van der Waals surface area contributed by atoms with Crippen LogP contribution in [0, 0.1) is 0 Å². The third-order valence-corrected chi connectivity index (χ3v) is 4.57. The van der Waals surface area contributed by atoms with Crippen LogP contribution < -0.4 is 15.8 Å². The molecule has 8 nitrogen and oxygen atoms in total. The van der Waals surface area contributed by atoms with Gasteiger partial charge in [0.15, 0.2) is 0 Å². The van der Waals surface area contributed by atoms with Gasteiger partial charge in [0.25, 0.3) is 15.9 Å². The van der Waals surface area contributed by atoms with Gasteiger partial charge in [0.2, 0.25) is 5.96 Å². The molecule has 1 aliphatic rings. The molecule has 3 rings (SSSR count). The predicted molar refractivity (Wildman–Crippen MR) is 84.3 cm³/mol. The minimum absolute atomic E-state index is 0.00565. The molecule has 0 spiro atoms. The molecule has 1 aromatic carbocycles. The third-order valence-electron chi connectivity index (χ3n) is 3.26. The standard InChI is InChI=1S/C14H13N5O3S/c1-19-11-4-2-3-5-12(11)23(21,22)18-14(19)17-16-13(20)10-6-8-15-9-7-10/h2-9H,1H3,(H,16,20)(H,17,18). The molecule has 0 saturated heterocycles. The molecular formula is C14H13N5O3S. The number of anilines is 1. The monoisotopic (exact) mass is 331 g/mol. The summed E-state index contributed by atoms with van der Waals surface area (Å²) < 4.78 is 28.0. The van der Waals surface area contributed by atoms with Gasteiger partial charge < -0.3 is 4.90 Å². The largest absolute Gasteiger partial charge is 0.312 e. The Kier molecular flexibility index (Phi) is 3.70. The number of hydrazine groups is 1. The van der Waals surface area contributed by atoms with E-state index in [1.165, 1.54) is 30.6 Å². The summed E-state index contributed by atoms with van der Waals surface area (Å²) in [6, 6.07) is 9.57. The van der Waals surface area contributed by atoms with Crippen molar-refractivity contribution in [1.82, 2.24) is 15.8 Å². The number of guanidine groups is 1. The highest BCUT2D eigenvalue weighted by Gasteiger charge is 2.28. The van der Waals surface area contributed by atoms with E-state index in [-0.39, 0.29) is 10.9 Å². The van der Waals surface area contributed by atoms with Gasteiger partial charge in [-0.2, -0.15) is 8.42 Å². The van der Waals surface area contributed by atoms with Gasteiger partial charge in [-0.15, -0.1) is 4.40 Å². The number of benzene rings is 1. The number of nitrogens with one attached hydrogen (secondary N) is 2. The molecule has 0 atom stereocenters. The van der Waals surface area contributed by atoms with Crippen LogP contribution in [0.5, 0.6) is 0 Å². The zero-order valence-corrected chi connectivity index (χ0v) is 12.9. The van der Waals surface area contributed by atoms with E-state index in [2.05, 4.69) is 20.2 Å². The fourth-order valence-electron chi connectivity index (χ4n) is 2.09. The Labute approximate surface area is 132 Å². The van der Waals surface area contributed by atoms with Crippen molar-refractivity contribution in [3.05, 3.63) is 54.4 Å². The summed E-state index contributed by atoms with van der Waals surface area (Å²) in [5.74, 6) is -0.425. The number of fused-ring (bicyclic) bond motifs is 1. The number of rotatable bonds is 1. The second-order valence-electron chi connectivity index (χ2n) is 4.73. The Hall–Kier alpha value is -2.94. The van der Waals surface area contributed by atoms with Crippen molar-refractivity contribution < 1.29 is 13.2 Å². The molecule has 118 valence electrons. The van der Waals surface area contributed by atoms with Crippen LogP contribution in [0.3, 0.4) is 0 Å². The van der Waals surface area contributed by atoms with Gasteiger partial charge in [0, 0.05) is 25.0 Å². The highest BCUT2D eigenvalue weighted by atomic mass is 32.2. The van der Waals surface area contributed by atoms with Gasteiger partial charge in [-0.1, -0.05) is 12.1 Å². The van der Waals surface area contributed by atoms with E-state index in [9.17, 15) is 13.2 Å². The molecule has 0 radical (unpaired) electrons. The molecule has 1 amide bonds. The van der Waals surface area contributed by atoms with E-state index in [0.29, 0.717) is 11.3 Å². The van der Waals surface area contributed by atoms with Gasteiger partial charge in [-0.25, -0.2) is 0 Å². The second kappa shape index (κ2) is 5.69. The van der Waals surface area contributed by atoms with Gasteiger partial charge in [0.05, 0.1) is 5.69 Å². The minimum atomic E-state index is -3.81. The molecule has 2 heterocycles. The van der Waals surface area contributed by atoms with E-state index in [1.54, 1.807) is 30.1 Å². The van der Waals surface area contributed by atoms with Crippen LogP contribution in [0.1, 0.15) is 10.4 Å². The topological polar surface area (TPSA) is 104 Å². The molecule has 0 unspecified atom stereocenters. The summed E-state index contributed by atoms with van der Waals surface area (Å²) in [6.45, 7) is 0. The first kappa shape index (κ1) is 15.0. The molecule has 0 aliphatic carbocycles. The summed E-state index contributed by atoms with van der Waals surface area (Å²) in [4.78, 5) is 17.5. The van der Waals surface area contributed by atoms with Crippen LogP contribution in [-0.2, 0) is 10.0 Å². The van der Waals surface area contributed by atoms with Crippen LogP contribution in [0.2, 0.25) is 0 Å². The van der Waals surface area contributed by atoms with E-state index in [1.807, 2.05) is 0 Å². The number of pyridine rings is 1. The van der Waals surface area contributed by atoms with Gasteiger partial charge >= 0.3 is 0 Å². The molecule has 2 aromatic rings. The number of carbonyl (C=O) groups is 1. The quantitative estimate of drug-likeness (QED) is 0.738. The first-order valence-corrected chi connectivity index (χ1v) is 8.07. The molecule has 9 heteroatoms. The maximum Gasteiger partial charge on any atom is 0.287 e. The molecule has 1 aliphatic heterocycles.